The zero-order valence-corrected chi connectivity index (χ0v) is 19.9. The van der Waals surface area contributed by atoms with Gasteiger partial charge < -0.3 is 10.2 Å². The third-order valence-corrected chi connectivity index (χ3v) is 7.63. The van der Waals surface area contributed by atoms with Crippen LogP contribution < -0.4 is 10.2 Å². The number of aryl methyl sites for hydroxylation is 1. The van der Waals surface area contributed by atoms with Crippen LogP contribution in [0.2, 0.25) is 0 Å². The molecule has 0 unspecified atom stereocenters. The van der Waals surface area contributed by atoms with E-state index in [-0.39, 0.29) is 11.3 Å². The summed E-state index contributed by atoms with van der Waals surface area (Å²) in [4.78, 5) is 24.0. The minimum atomic E-state index is -0.415. The Labute approximate surface area is 203 Å². The maximum atomic E-state index is 15.0. The first-order valence-electron chi connectivity index (χ1n) is 12.0. The first-order valence-corrected chi connectivity index (χ1v) is 12.0. The molecule has 3 aromatic heterocycles. The van der Waals surface area contributed by atoms with E-state index in [0.29, 0.717) is 22.5 Å². The molecule has 1 fully saturated rings. The van der Waals surface area contributed by atoms with E-state index in [1.54, 1.807) is 23.8 Å². The van der Waals surface area contributed by atoms with Crippen molar-refractivity contribution in [3.05, 3.63) is 77.1 Å². The summed E-state index contributed by atoms with van der Waals surface area (Å²) >= 11 is 0. The van der Waals surface area contributed by atoms with Gasteiger partial charge >= 0.3 is 0 Å². The van der Waals surface area contributed by atoms with Crippen LogP contribution in [-0.2, 0) is 12.8 Å². The van der Waals surface area contributed by atoms with Gasteiger partial charge in [-0.25, -0.2) is 13.9 Å². The highest BCUT2D eigenvalue weighted by atomic mass is 19.1. The van der Waals surface area contributed by atoms with E-state index in [4.69, 9.17) is 4.98 Å². The van der Waals surface area contributed by atoms with Crippen LogP contribution in [0.15, 0.2) is 48.8 Å². The fourth-order valence-corrected chi connectivity index (χ4v) is 5.77. The van der Waals surface area contributed by atoms with E-state index in [1.807, 2.05) is 25.3 Å². The van der Waals surface area contributed by atoms with Crippen LogP contribution in [0.4, 0.5) is 10.2 Å². The Morgan fingerprint density at radius 3 is 2.71 bits per heavy atom. The van der Waals surface area contributed by atoms with Gasteiger partial charge in [0.2, 0.25) is 0 Å². The number of pyridine rings is 1. The maximum Gasteiger partial charge on any atom is 0.251 e. The minimum Gasteiger partial charge on any atom is -0.355 e. The van der Waals surface area contributed by atoms with Gasteiger partial charge in [-0.2, -0.15) is 5.10 Å². The highest BCUT2D eigenvalue weighted by molar-refractivity contribution is 5.95. The van der Waals surface area contributed by atoms with Gasteiger partial charge in [0, 0.05) is 43.2 Å². The van der Waals surface area contributed by atoms with Crippen LogP contribution in [0.1, 0.15) is 40.2 Å². The minimum absolute atomic E-state index is 0.267. The molecule has 1 aliphatic carbocycles. The van der Waals surface area contributed by atoms with Crippen molar-refractivity contribution >= 4 is 17.2 Å². The first-order chi connectivity index (χ1) is 17.0. The standard InChI is InChI=1S/C27H27FN6O/c1-17-24(20-14-18(26(35)29-2)5-6-21(20)28)34-23(7-11-31-34)25(32-17)33-12-8-27(9-13-33)15-19-4-3-10-30-22(19)16-27/h3-7,10-11,14H,8-9,12-13,15-16H2,1-2H3,(H,29,35). The molecular weight excluding hydrogens is 443 g/mol. The molecule has 178 valence electrons. The second-order valence-corrected chi connectivity index (χ2v) is 9.72. The van der Waals surface area contributed by atoms with Crippen molar-refractivity contribution in [1.82, 2.24) is 24.9 Å². The molecule has 2 aliphatic rings. The summed E-state index contributed by atoms with van der Waals surface area (Å²) in [5, 5.41) is 7.11. The fourth-order valence-electron chi connectivity index (χ4n) is 5.77. The van der Waals surface area contributed by atoms with Crippen LogP contribution in [-0.4, -0.2) is 45.6 Å². The molecule has 0 saturated carbocycles. The molecule has 1 aromatic carbocycles. The van der Waals surface area contributed by atoms with Crippen LogP contribution in [0, 0.1) is 18.2 Å². The zero-order valence-electron chi connectivity index (χ0n) is 19.9. The summed E-state index contributed by atoms with van der Waals surface area (Å²) in [6.45, 7) is 3.68. The maximum absolute atomic E-state index is 15.0. The van der Waals surface area contributed by atoms with Crippen molar-refractivity contribution in [3.8, 4) is 11.3 Å². The normalized spacial score (nSPS) is 16.6. The smallest absolute Gasteiger partial charge is 0.251 e. The zero-order chi connectivity index (χ0) is 24.2. The lowest BCUT2D eigenvalue weighted by Crippen LogP contribution is -2.41. The Hall–Kier alpha value is -3.81. The summed E-state index contributed by atoms with van der Waals surface area (Å²) in [5.41, 5.74) is 5.68. The summed E-state index contributed by atoms with van der Waals surface area (Å²) in [6.07, 6.45) is 7.91. The molecule has 7 nitrogen and oxygen atoms in total. The number of rotatable bonds is 3. The molecule has 0 bridgehead atoms. The molecule has 1 amide bonds. The van der Waals surface area contributed by atoms with Crippen molar-refractivity contribution in [2.45, 2.75) is 32.6 Å². The highest BCUT2D eigenvalue weighted by Gasteiger charge is 2.41. The number of amides is 1. The van der Waals surface area contributed by atoms with Crippen LogP contribution >= 0.6 is 0 Å². The number of fused-ring (bicyclic) bond motifs is 2. The molecular formula is C27H27FN6O. The molecule has 6 rings (SSSR count). The van der Waals surface area contributed by atoms with E-state index in [1.165, 1.54) is 23.4 Å². The Morgan fingerprint density at radius 2 is 1.94 bits per heavy atom. The van der Waals surface area contributed by atoms with Gasteiger partial charge in [0.05, 0.1) is 17.6 Å². The predicted molar refractivity (Wildman–Crippen MR) is 132 cm³/mol. The fraction of sp³-hybridized carbons (Fsp3) is 0.333. The monoisotopic (exact) mass is 470 g/mol. The SMILES string of the molecule is CNC(=O)c1ccc(F)c(-c2c(C)nc(N3CCC4(CC3)Cc3cccnc3C4)c3ccnn23)c1. The lowest BCUT2D eigenvalue weighted by molar-refractivity contribution is 0.0963. The molecule has 1 N–H and O–H groups in total. The van der Waals surface area contributed by atoms with Crippen molar-refractivity contribution < 1.29 is 9.18 Å². The van der Waals surface area contributed by atoms with Crippen molar-refractivity contribution in [2.24, 2.45) is 5.41 Å². The number of nitrogens with zero attached hydrogens (tertiary/aromatic N) is 5. The van der Waals surface area contributed by atoms with Crippen LogP contribution in [0.3, 0.4) is 0 Å². The van der Waals surface area contributed by atoms with Crippen molar-refractivity contribution in [2.75, 3.05) is 25.0 Å². The predicted octanol–water partition coefficient (Wildman–Crippen LogP) is 3.98. The number of piperidine rings is 1. The van der Waals surface area contributed by atoms with Gasteiger partial charge in [-0.15, -0.1) is 0 Å². The van der Waals surface area contributed by atoms with E-state index in [2.05, 4.69) is 26.4 Å². The van der Waals surface area contributed by atoms with E-state index < -0.39 is 5.82 Å². The van der Waals surface area contributed by atoms with E-state index in [9.17, 15) is 9.18 Å². The van der Waals surface area contributed by atoms with Gasteiger partial charge in [-0.3, -0.25) is 9.78 Å². The summed E-state index contributed by atoms with van der Waals surface area (Å²) < 4.78 is 16.7. The average molecular weight is 471 g/mol. The quantitative estimate of drug-likeness (QED) is 0.490. The number of carbonyl (C=O) groups excluding carboxylic acids is 1. The summed E-state index contributed by atoms with van der Waals surface area (Å²) in [5.74, 6) is 0.188. The number of anilines is 1. The molecule has 4 aromatic rings. The summed E-state index contributed by atoms with van der Waals surface area (Å²) in [7, 11) is 1.56. The number of halogens is 1. The van der Waals surface area contributed by atoms with Crippen LogP contribution in [0.25, 0.3) is 16.8 Å². The largest absolute Gasteiger partial charge is 0.355 e. The van der Waals surface area contributed by atoms with Gasteiger partial charge in [0.15, 0.2) is 5.82 Å². The van der Waals surface area contributed by atoms with Gasteiger partial charge in [0.25, 0.3) is 5.91 Å². The number of hydrogen-bond donors (Lipinski definition) is 1. The molecule has 1 spiro atoms. The van der Waals surface area contributed by atoms with Gasteiger partial charge in [-0.1, -0.05) is 6.07 Å². The van der Waals surface area contributed by atoms with Gasteiger partial charge in [0.1, 0.15) is 11.3 Å². The average Bonchev–Trinajstić information content (AvgIpc) is 3.49. The highest BCUT2D eigenvalue weighted by Crippen LogP contribution is 2.45. The Balaban J connectivity index is 1.33. The lowest BCUT2D eigenvalue weighted by atomic mass is 9.76. The van der Waals surface area contributed by atoms with Gasteiger partial charge in [-0.05, 0) is 73.9 Å². The van der Waals surface area contributed by atoms with E-state index >= 15 is 0 Å². The molecule has 35 heavy (non-hydrogen) atoms. The number of benzene rings is 1. The number of carbonyl (C=O) groups is 1. The first kappa shape index (κ1) is 21.7. The second-order valence-electron chi connectivity index (χ2n) is 9.72. The molecule has 0 atom stereocenters. The van der Waals surface area contributed by atoms with E-state index in [0.717, 1.165) is 50.1 Å². The Morgan fingerprint density at radius 1 is 1.11 bits per heavy atom. The molecule has 1 aliphatic heterocycles. The summed E-state index contributed by atoms with van der Waals surface area (Å²) in [6, 6.07) is 10.5. The Bertz CT molecular complexity index is 1430. The molecule has 4 heterocycles. The molecule has 8 heteroatoms. The van der Waals surface area contributed by atoms with Crippen molar-refractivity contribution in [3.63, 3.8) is 0 Å². The topological polar surface area (TPSA) is 75.4 Å². The number of hydrogen-bond acceptors (Lipinski definition) is 5. The van der Waals surface area contributed by atoms with Crippen molar-refractivity contribution in [1.29, 1.82) is 0 Å². The second kappa shape index (κ2) is 8.15. The Kier molecular flexibility index (Phi) is 5.05. The third-order valence-electron chi connectivity index (χ3n) is 7.63. The molecule has 0 radical (unpaired) electrons. The molecule has 1 saturated heterocycles. The van der Waals surface area contributed by atoms with Crippen LogP contribution in [0.5, 0.6) is 0 Å². The lowest BCUT2D eigenvalue weighted by Gasteiger charge is -2.40. The third kappa shape index (κ3) is 3.55. The number of aromatic nitrogens is 4. The number of nitrogens with one attached hydrogen (secondary N) is 1.